The van der Waals surface area contributed by atoms with Crippen molar-refractivity contribution in [1.29, 1.82) is 0 Å². The van der Waals surface area contributed by atoms with Crippen LogP contribution >= 0.6 is 11.6 Å². The van der Waals surface area contributed by atoms with E-state index in [2.05, 4.69) is 31.1 Å². The molecule has 1 aromatic heterocycles. The third kappa shape index (κ3) is 3.09. The van der Waals surface area contributed by atoms with Crippen molar-refractivity contribution in [3.05, 3.63) is 23.4 Å². The van der Waals surface area contributed by atoms with E-state index in [0.717, 1.165) is 5.82 Å². The van der Waals surface area contributed by atoms with Crippen molar-refractivity contribution in [3.8, 4) is 0 Å². The average Bonchev–Trinajstić information content (AvgIpc) is 1.91. The molecule has 0 radical (unpaired) electrons. The number of rotatable bonds is 1. The predicted octanol–water partition coefficient (Wildman–Crippen LogP) is 2.95. The molecule has 0 aromatic carbocycles. The summed E-state index contributed by atoms with van der Waals surface area (Å²) < 4.78 is 0. The third-order valence-electron chi connectivity index (χ3n) is 1.23. The van der Waals surface area contributed by atoms with E-state index in [0.29, 0.717) is 5.02 Å². The fourth-order valence-corrected chi connectivity index (χ4v) is 0.946. The summed E-state index contributed by atoms with van der Waals surface area (Å²) in [6.45, 7) is 6.26. The summed E-state index contributed by atoms with van der Waals surface area (Å²) >= 11 is 5.69. The summed E-state index contributed by atoms with van der Waals surface area (Å²) in [7, 11) is 0. The van der Waals surface area contributed by atoms with Gasteiger partial charge in [0.2, 0.25) is 0 Å². The summed E-state index contributed by atoms with van der Waals surface area (Å²) in [4.78, 5) is 4.12. The van der Waals surface area contributed by atoms with Gasteiger partial charge in [0.05, 0.1) is 5.02 Å². The summed E-state index contributed by atoms with van der Waals surface area (Å²) in [6, 6.07) is 3.69. The van der Waals surface area contributed by atoms with Gasteiger partial charge in [0, 0.05) is 11.7 Å². The van der Waals surface area contributed by atoms with Crippen molar-refractivity contribution in [2.75, 3.05) is 5.32 Å². The van der Waals surface area contributed by atoms with Gasteiger partial charge in [0.1, 0.15) is 5.82 Å². The zero-order valence-corrected chi connectivity index (χ0v) is 8.31. The van der Waals surface area contributed by atoms with Gasteiger partial charge in [0.15, 0.2) is 0 Å². The topological polar surface area (TPSA) is 24.9 Å². The minimum absolute atomic E-state index is 0.0425. The first-order chi connectivity index (χ1) is 5.47. The van der Waals surface area contributed by atoms with Gasteiger partial charge < -0.3 is 5.32 Å². The molecule has 2 nitrogen and oxygen atoms in total. The number of anilines is 1. The lowest BCUT2D eigenvalue weighted by atomic mass is 10.1. The Morgan fingerprint density at radius 2 is 2.00 bits per heavy atom. The second-order valence-corrected chi connectivity index (χ2v) is 4.17. The number of pyridine rings is 1. The van der Waals surface area contributed by atoms with Crippen LogP contribution in [-0.4, -0.2) is 10.5 Å². The minimum Gasteiger partial charge on any atom is -0.365 e. The van der Waals surface area contributed by atoms with E-state index < -0.39 is 0 Å². The first-order valence-electron chi connectivity index (χ1n) is 3.87. The quantitative estimate of drug-likeness (QED) is 0.726. The maximum Gasteiger partial charge on any atom is 0.126 e. The molecule has 0 aliphatic heterocycles. The van der Waals surface area contributed by atoms with E-state index in [-0.39, 0.29) is 5.54 Å². The molecule has 1 N–H and O–H groups in total. The van der Waals surface area contributed by atoms with Crippen LogP contribution in [0.25, 0.3) is 0 Å². The van der Waals surface area contributed by atoms with Gasteiger partial charge in [-0.05, 0) is 32.9 Å². The number of halogens is 1. The molecule has 0 aliphatic rings. The lowest BCUT2D eigenvalue weighted by molar-refractivity contribution is 0.630. The molecule has 3 heteroatoms. The fourth-order valence-electron chi connectivity index (χ4n) is 0.834. The van der Waals surface area contributed by atoms with Crippen LogP contribution in [0, 0.1) is 0 Å². The highest BCUT2D eigenvalue weighted by Crippen LogP contribution is 2.13. The van der Waals surface area contributed by atoms with Crippen LogP contribution in [0.5, 0.6) is 0 Å². The minimum atomic E-state index is 0.0425. The molecule has 66 valence electrons. The van der Waals surface area contributed by atoms with Gasteiger partial charge in [-0.2, -0.15) is 0 Å². The van der Waals surface area contributed by atoms with Gasteiger partial charge in [0.25, 0.3) is 0 Å². The van der Waals surface area contributed by atoms with E-state index in [1.54, 1.807) is 6.20 Å². The van der Waals surface area contributed by atoms with Crippen molar-refractivity contribution < 1.29 is 0 Å². The second-order valence-electron chi connectivity index (χ2n) is 3.74. The Morgan fingerprint density at radius 1 is 1.33 bits per heavy atom. The van der Waals surface area contributed by atoms with Crippen LogP contribution in [-0.2, 0) is 0 Å². The number of nitrogens with zero attached hydrogens (tertiary/aromatic N) is 1. The van der Waals surface area contributed by atoms with Crippen molar-refractivity contribution in [1.82, 2.24) is 4.98 Å². The monoisotopic (exact) mass is 184 g/mol. The molecule has 0 saturated heterocycles. The van der Waals surface area contributed by atoms with Crippen LogP contribution in [0.2, 0.25) is 5.02 Å². The van der Waals surface area contributed by atoms with E-state index in [9.17, 15) is 0 Å². The van der Waals surface area contributed by atoms with Gasteiger partial charge in [-0.1, -0.05) is 11.6 Å². The molecule has 0 amide bonds. The standard InChI is InChI=1S/C9H13ClN2/c1-9(2,3)12-8-5-4-7(10)6-11-8/h4-6H,1-3H3,(H,11,12). The van der Waals surface area contributed by atoms with Gasteiger partial charge in [-0.3, -0.25) is 0 Å². The largest absolute Gasteiger partial charge is 0.365 e. The van der Waals surface area contributed by atoms with E-state index in [1.807, 2.05) is 12.1 Å². The maximum atomic E-state index is 5.69. The summed E-state index contributed by atoms with van der Waals surface area (Å²) in [5.41, 5.74) is 0.0425. The van der Waals surface area contributed by atoms with Crippen LogP contribution in [0.3, 0.4) is 0 Å². The molecular formula is C9H13ClN2. The van der Waals surface area contributed by atoms with Crippen molar-refractivity contribution in [2.24, 2.45) is 0 Å². The van der Waals surface area contributed by atoms with Gasteiger partial charge in [-0.15, -0.1) is 0 Å². The van der Waals surface area contributed by atoms with Crippen LogP contribution in [0.1, 0.15) is 20.8 Å². The van der Waals surface area contributed by atoms with Gasteiger partial charge >= 0.3 is 0 Å². The molecule has 12 heavy (non-hydrogen) atoms. The number of hydrogen-bond acceptors (Lipinski definition) is 2. The zero-order chi connectivity index (χ0) is 9.19. The molecule has 0 aliphatic carbocycles. The summed E-state index contributed by atoms with van der Waals surface area (Å²) in [5, 5.41) is 3.90. The summed E-state index contributed by atoms with van der Waals surface area (Å²) in [6.07, 6.45) is 1.63. The normalized spacial score (nSPS) is 11.3. The molecule has 0 saturated carbocycles. The summed E-state index contributed by atoms with van der Waals surface area (Å²) in [5.74, 6) is 0.854. The second kappa shape index (κ2) is 3.31. The van der Waals surface area contributed by atoms with Crippen molar-refractivity contribution >= 4 is 17.4 Å². The van der Waals surface area contributed by atoms with E-state index >= 15 is 0 Å². The number of nitrogens with one attached hydrogen (secondary N) is 1. The molecule has 1 rings (SSSR count). The first-order valence-corrected chi connectivity index (χ1v) is 4.25. The Labute approximate surface area is 78.0 Å². The van der Waals surface area contributed by atoms with E-state index in [1.165, 1.54) is 0 Å². The van der Waals surface area contributed by atoms with Crippen molar-refractivity contribution in [3.63, 3.8) is 0 Å². The lowest BCUT2D eigenvalue weighted by Crippen LogP contribution is -2.26. The predicted molar refractivity (Wildman–Crippen MR) is 52.6 cm³/mol. The molecule has 0 atom stereocenters. The SMILES string of the molecule is CC(C)(C)Nc1ccc(Cl)cn1. The maximum absolute atomic E-state index is 5.69. The number of hydrogen-bond donors (Lipinski definition) is 1. The first kappa shape index (κ1) is 9.33. The van der Waals surface area contributed by atoms with Crippen LogP contribution < -0.4 is 5.32 Å². The smallest absolute Gasteiger partial charge is 0.126 e. The van der Waals surface area contributed by atoms with Crippen LogP contribution in [0.15, 0.2) is 18.3 Å². The Hall–Kier alpha value is -0.760. The molecule has 0 fully saturated rings. The highest BCUT2D eigenvalue weighted by Gasteiger charge is 2.09. The molecule has 1 heterocycles. The fraction of sp³-hybridized carbons (Fsp3) is 0.444. The molecule has 1 aromatic rings. The molecule has 0 unspecified atom stereocenters. The lowest BCUT2D eigenvalue weighted by Gasteiger charge is -2.20. The van der Waals surface area contributed by atoms with Crippen LogP contribution in [0.4, 0.5) is 5.82 Å². The highest BCUT2D eigenvalue weighted by atomic mass is 35.5. The third-order valence-corrected chi connectivity index (χ3v) is 1.45. The number of aromatic nitrogens is 1. The Morgan fingerprint density at radius 3 is 2.42 bits per heavy atom. The molecule has 0 spiro atoms. The highest BCUT2D eigenvalue weighted by molar-refractivity contribution is 6.30. The molecular weight excluding hydrogens is 172 g/mol. The Bertz CT molecular complexity index is 248. The van der Waals surface area contributed by atoms with E-state index in [4.69, 9.17) is 11.6 Å². The Balaban J connectivity index is 2.71. The molecule has 0 bridgehead atoms. The van der Waals surface area contributed by atoms with Gasteiger partial charge in [-0.25, -0.2) is 4.98 Å². The zero-order valence-electron chi connectivity index (χ0n) is 7.56. The Kier molecular flexibility index (Phi) is 2.58. The van der Waals surface area contributed by atoms with Crippen molar-refractivity contribution in [2.45, 2.75) is 26.3 Å². The average molecular weight is 185 g/mol.